The molecule has 1 unspecified atom stereocenters. The summed E-state index contributed by atoms with van der Waals surface area (Å²) < 4.78 is 15.8. The Labute approximate surface area is 127 Å². The molecule has 0 spiro atoms. The molecular weight excluding hydrogens is 286 g/mol. The smallest absolute Gasteiger partial charge is 0.251 e. The van der Waals surface area contributed by atoms with Gasteiger partial charge in [-0.15, -0.1) is 0 Å². The maximum atomic E-state index is 12.1. The Morgan fingerprint density at radius 1 is 1.27 bits per heavy atom. The summed E-state index contributed by atoms with van der Waals surface area (Å²) in [5.41, 5.74) is 1.14. The third kappa shape index (κ3) is 2.78. The summed E-state index contributed by atoms with van der Waals surface area (Å²) in [6.07, 6.45) is -0.810. The maximum Gasteiger partial charge on any atom is 0.251 e. The summed E-state index contributed by atoms with van der Waals surface area (Å²) in [6.45, 7) is 3.87. The van der Waals surface area contributed by atoms with Crippen LogP contribution in [0.4, 0.5) is 0 Å². The standard InChI is InChI=1S/C16H17NO5/c1-9-5-12(10(2)22-9)13(18)7-17-16(19)11-3-4-14-15(6-11)21-8-20-14/h3-6,13,18H,7-8H2,1-2H3,(H,17,19). The molecule has 0 bridgehead atoms. The number of nitrogens with one attached hydrogen (secondary N) is 1. The van der Waals surface area contributed by atoms with Crippen LogP contribution >= 0.6 is 0 Å². The molecule has 0 aliphatic carbocycles. The summed E-state index contributed by atoms with van der Waals surface area (Å²) in [4.78, 5) is 12.1. The zero-order valence-corrected chi connectivity index (χ0v) is 12.4. The van der Waals surface area contributed by atoms with E-state index >= 15 is 0 Å². The lowest BCUT2D eigenvalue weighted by Crippen LogP contribution is -2.28. The number of carbonyl (C=O) groups excluding carboxylic acids is 1. The fraction of sp³-hybridized carbons (Fsp3) is 0.312. The van der Waals surface area contributed by atoms with Gasteiger partial charge in [0.05, 0.1) is 6.10 Å². The predicted octanol–water partition coefficient (Wildman–Crippen LogP) is 2.09. The van der Waals surface area contributed by atoms with Gasteiger partial charge in [-0.05, 0) is 38.1 Å². The Balaban J connectivity index is 1.63. The monoisotopic (exact) mass is 303 g/mol. The van der Waals surface area contributed by atoms with Gasteiger partial charge in [-0.25, -0.2) is 0 Å². The van der Waals surface area contributed by atoms with Crippen molar-refractivity contribution < 1.29 is 23.8 Å². The van der Waals surface area contributed by atoms with Crippen molar-refractivity contribution in [1.29, 1.82) is 0 Å². The van der Waals surface area contributed by atoms with Gasteiger partial charge in [0.2, 0.25) is 6.79 Å². The minimum Gasteiger partial charge on any atom is -0.466 e. The highest BCUT2D eigenvalue weighted by Crippen LogP contribution is 2.32. The molecule has 1 amide bonds. The van der Waals surface area contributed by atoms with Gasteiger partial charge in [-0.2, -0.15) is 0 Å². The van der Waals surface area contributed by atoms with Crippen molar-refractivity contribution in [3.05, 3.63) is 46.9 Å². The highest BCUT2D eigenvalue weighted by molar-refractivity contribution is 5.94. The normalized spacial score (nSPS) is 14.0. The lowest BCUT2D eigenvalue weighted by atomic mass is 10.1. The van der Waals surface area contributed by atoms with Crippen molar-refractivity contribution in [3.63, 3.8) is 0 Å². The minimum absolute atomic E-state index is 0.104. The van der Waals surface area contributed by atoms with Crippen LogP contribution in [-0.2, 0) is 0 Å². The summed E-state index contributed by atoms with van der Waals surface area (Å²) in [7, 11) is 0. The van der Waals surface area contributed by atoms with Crippen molar-refractivity contribution in [2.75, 3.05) is 13.3 Å². The molecule has 0 saturated carbocycles. The molecule has 1 aliphatic heterocycles. The van der Waals surface area contributed by atoms with Crippen molar-refractivity contribution in [3.8, 4) is 11.5 Å². The zero-order chi connectivity index (χ0) is 15.7. The molecule has 6 nitrogen and oxygen atoms in total. The van der Waals surface area contributed by atoms with Gasteiger partial charge in [-0.3, -0.25) is 4.79 Å². The Bertz CT molecular complexity index is 707. The SMILES string of the molecule is Cc1cc(C(O)CNC(=O)c2ccc3c(c2)OCO3)c(C)o1. The van der Waals surface area contributed by atoms with Gasteiger partial charge in [0.1, 0.15) is 11.5 Å². The van der Waals surface area contributed by atoms with E-state index in [1.54, 1.807) is 31.2 Å². The van der Waals surface area contributed by atoms with Crippen LogP contribution < -0.4 is 14.8 Å². The number of ether oxygens (including phenoxy) is 2. The molecule has 2 heterocycles. The third-order valence-electron chi connectivity index (χ3n) is 3.53. The summed E-state index contributed by atoms with van der Waals surface area (Å²) >= 11 is 0. The zero-order valence-electron chi connectivity index (χ0n) is 12.4. The fourth-order valence-corrected chi connectivity index (χ4v) is 2.42. The van der Waals surface area contributed by atoms with Crippen LogP contribution in [0.2, 0.25) is 0 Å². The molecule has 1 aromatic carbocycles. The number of benzene rings is 1. The quantitative estimate of drug-likeness (QED) is 0.904. The maximum absolute atomic E-state index is 12.1. The summed E-state index contributed by atoms with van der Waals surface area (Å²) in [6, 6.07) is 6.74. The van der Waals surface area contributed by atoms with Crippen molar-refractivity contribution in [2.24, 2.45) is 0 Å². The third-order valence-corrected chi connectivity index (χ3v) is 3.53. The first-order chi connectivity index (χ1) is 10.5. The number of aryl methyl sites for hydroxylation is 2. The molecule has 1 atom stereocenters. The van der Waals surface area contributed by atoms with E-state index in [0.29, 0.717) is 28.4 Å². The van der Waals surface area contributed by atoms with E-state index in [1.807, 2.05) is 6.92 Å². The first-order valence-corrected chi connectivity index (χ1v) is 6.97. The largest absolute Gasteiger partial charge is 0.466 e. The van der Waals surface area contributed by atoms with E-state index in [1.165, 1.54) is 0 Å². The van der Waals surface area contributed by atoms with Crippen LogP contribution in [0.1, 0.15) is 33.5 Å². The molecule has 2 N–H and O–H groups in total. The molecule has 116 valence electrons. The molecule has 6 heteroatoms. The second-order valence-electron chi connectivity index (χ2n) is 5.16. The Morgan fingerprint density at radius 2 is 2.05 bits per heavy atom. The first-order valence-electron chi connectivity index (χ1n) is 6.97. The van der Waals surface area contributed by atoms with E-state index in [0.717, 1.165) is 5.76 Å². The van der Waals surface area contributed by atoms with Crippen LogP contribution in [-0.4, -0.2) is 24.4 Å². The second-order valence-corrected chi connectivity index (χ2v) is 5.16. The molecule has 1 aliphatic rings. The number of fused-ring (bicyclic) bond motifs is 1. The molecule has 1 aromatic heterocycles. The van der Waals surface area contributed by atoms with E-state index < -0.39 is 6.10 Å². The predicted molar refractivity (Wildman–Crippen MR) is 78.0 cm³/mol. The Hall–Kier alpha value is -2.47. The van der Waals surface area contributed by atoms with Crippen molar-refractivity contribution >= 4 is 5.91 Å². The lowest BCUT2D eigenvalue weighted by Gasteiger charge is -2.11. The number of furan rings is 1. The summed E-state index contributed by atoms with van der Waals surface area (Å²) in [5, 5.41) is 12.8. The van der Waals surface area contributed by atoms with Gasteiger partial charge < -0.3 is 24.3 Å². The highest BCUT2D eigenvalue weighted by Gasteiger charge is 2.18. The average molecular weight is 303 g/mol. The molecule has 0 saturated heterocycles. The van der Waals surface area contributed by atoms with Crippen LogP contribution in [0.5, 0.6) is 11.5 Å². The van der Waals surface area contributed by atoms with Gasteiger partial charge in [0.15, 0.2) is 11.5 Å². The molecular formula is C16H17NO5. The summed E-state index contributed by atoms with van der Waals surface area (Å²) in [5.74, 6) is 2.28. The van der Waals surface area contributed by atoms with Gasteiger partial charge in [0.25, 0.3) is 5.91 Å². The van der Waals surface area contributed by atoms with Crippen LogP contribution in [0.3, 0.4) is 0 Å². The van der Waals surface area contributed by atoms with E-state index in [-0.39, 0.29) is 19.2 Å². The van der Waals surface area contributed by atoms with E-state index in [9.17, 15) is 9.90 Å². The number of carbonyl (C=O) groups is 1. The van der Waals surface area contributed by atoms with E-state index in [4.69, 9.17) is 13.9 Å². The number of hydrogen-bond donors (Lipinski definition) is 2. The van der Waals surface area contributed by atoms with Gasteiger partial charge >= 0.3 is 0 Å². The van der Waals surface area contributed by atoms with Gasteiger partial charge in [-0.1, -0.05) is 0 Å². The van der Waals surface area contributed by atoms with Crippen molar-refractivity contribution in [2.45, 2.75) is 20.0 Å². The Morgan fingerprint density at radius 3 is 2.77 bits per heavy atom. The number of rotatable bonds is 4. The number of amides is 1. The Kier molecular flexibility index (Phi) is 3.77. The topological polar surface area (TPSA) is 80.9 Å². The van der Waals surface area contributed by atoms with E-state index in [2.05, 4.69) is 5.32 Å². The fourth-order valence-electron chi connectivity index (χ4n) is 2.42. The number of hydrogen-bond acceptors (Lipinski definition) is 5. The average Bonchev–Trinajstić information content (AvgIpc) is 3.09. The molecule has 22 heavy (non-hydrogen) atoms. The van der Waals surface area contributed by atoms with Gasteiger partial charge in [0, 0.05) is 17.7 Å². The highest BCUT2D eigenvalue weighted by atomic mass is 16.7. The molecule has 3 rings (SSSR count). The van der Waals surface area contributed by atoms with Crippen LogP contribution in [0, 0.1) is 13.8 Å². The molecule has 0 radical (unpaired) electrons. The lowest BCUT2D eigenvalue weighted by molar-refractivity contribution is 0.0915. The number of aliphatic hydroxyl groups excluding tert-OH is 1. The van der Waals surface area contributed by atoms with Crippen LogP contribution in [0.15, 0.2) is 28.7 Å². The first kappa shape index (κ1) is 14.5. The van der Waals surface area contributed by atoms with Crippen LogP contribution in [0.25, 0.3) is 0 Å². The second kappa shape index (κ2) is 5.73. The minimum atomic E-state index is -0.810. The number of aliphatic hydroxyl groups is 1. The van der Waals surface area contributed by atoms with Crippen molar-refractivity contribution in [1.82, 2.24) is 5.32 Å². The molecule has 2 aromatic rings. The molecule has 0 fully saturated rings.